The third kappa shape index (κ3) is 4.30. The number of ether oxygens (including phenoxy) is 1. The van der Waals surface area contributed by atoms with Crippen LogP contribution in [0.2, 0.25) is 0 Å². The fraction of sp³-hybridized carbons (Fsp3) is 0.474. The second-order valence-electron chi connectivity index (χ2n) is 6.65. The van der Waals surface area contributed by atoms with Gasteiger partial charge in [0.1, 0.15) is 0 Å². The molecule has 1 saturated heterocycles. The maximum atomic E-state index is 11.4. The van der Waals surface area contributed by atoms with Gasteiger partial charge in [0.2, 0.25) is 0 Å². The topological polar surface area (TPSA) is 58.2 Å². The molecule has 24 heavy (non-hydrogen) atoms. The van der Waals surface area contributed by atoms with Crippen molar-refractivity contribution in [3.8, 4) is 0 Å². The molecule has 1 atom stereocenters. The first-order valence-corrected chi connectivity index (χ1v) is 8.50. The van der Waals surface area contributed by atoms with Gasteiger partial charge in [-0.15, -0.1) is 0 Å². The zero-order chi connectivity index (χ0) is 16.9. The lowest BCUT2D eigenvalue weighted by molar-refractivity contribution is 0.121. The summed E-state index contributed by atoms with van der Waals surface area (Å²) in [7, 11) is 0. The second-order valence-corrected chi connectivity index (χ2v) is 6.65. The second kappa shape index (κ2) is 7.73. The highest BCUT2D eigenvalue weighted by Crippen LogP contribution is 2.19. The molecule has 0 radical (unpaired) electrons. The van der Waals surface area contributed by atoms with Crippen LogP contribution >= 0.6 is 0 Å². The van der Waals surface area contributed by atoms with Crippen molar-refractivity contribution in [2.75, 3.05) is 26.3 Å². The Labute approximate surface area is 142 Å². The van der Waals surface area contributed by atoms with Crippen LogP contribution in [0.3, 0.4) is 0 Å². The molecule has 1 aromatic carbocycles. The fourth-order valence-corrected chi connectivity index (χ4v) is 3.36. The van der Waals surface area contributed by atoms with Crippen LogP contribution in [0.4, 0.5) is 0 Å². The largest absolute Gasteiger partial charge is 0.380 e. The van der Waals surface area contributed by atoms with Crippen LogP contribution in [0.1, 0.15) is 22.4 Å². The van der Waals surface area contributed by atoms with E-state index in [2.05, 4.69) is 46.9 Å². The number of rotatable bonds is 4. The fourth-order valence-electron chi connectivity index (χ4n) is 3.36. The normalized spacial score (nSPS) is 19.2. The maximum absolute atomic E-state index is 11.4. The lowest BCUT2D eigenvalue weighted by atomic mass is 10.0. The van der Waals surface area contributed by atoms with Gasteiger partial charge in [-0.3, -0.25) is 9.69 Å². The minimum absolute atomic E-state index is 0.0954. The van der Waals surface area contributed by atoms with Gasteiger partial charge in [-0.1, -0.05) is 18.2 Å². The summed E-state index contributed by atoms with van der Waals surface area (Å²) in [5, 5.41) is 0. The van der Waals surface area contributed by atoms with Gasteiger partial charge in [0, 0.05) is 37.3 Å². The van der Waals surface area contributed by atoms with Crippen LogP contribution in [-0.4, -0.2) is 41.2 Å². The summed E-state index contributed by atoms with van der Waals surface area (Å²) in [4.78, 5) is 20.7. The molecular weight excluding hydrogens is 302 g/mol. The minimum atomic E-state index is -0.0954. The number of aromatic amines is 1. The molecule has 0 spiro atoms. The molecule has 0 aliphatic carbocycles. The zero-order valence-electron chi connectivity index (χ0n) is 14.4. The lowest BCUT2D eigenvalue weighted by Gasteiger charge is -2.25. The number of benzene rings is 1. The molecule has 128 valence electrons. The Morgan fingerprint density at radius 2 is 2.12 bits per heavy atom. The summed E-state index contributed by atoms with van der Waals surface area (Å²) in [6.07, 6.45) is 2.25. The molecule has 3 rings (SSSR count). The zero-order valence-corrected chi connectivity index (χ0v) is 14.4. The highest BCUT2D eigenvalue weighted by molar-refractivity contribution is 5.33. The SMILES string of the molecule is Cc1cccc(C)c1CN1CCOC[C@@H](Cc2cc(=O)[nH]cn2)C1. The predicted molar refractivity (Wildman–Crippen MR) is 94.1 cm³/mol. The Balaban J connectivity index is 1.69. The highest BCUT2D eigenvalue weighted by atomic mass is 16.5. The van der Waals surface area contributed by atoms with E-state index >= 15 is 0 Å². The van der Waals surface area contributed by atoms with Crippen LogP contribution in [-0.2, 0) is 17.7 Å². The highest BCUT2D eigenvalue weighted by Gasteiger charge is 2.20. The van der Waals surface area contributed by atoms with Crippen molar-refractivity contribution >= 4 is 0 Å². The number of hydrogen-bond acceptors (Lipinski definition) is 4. The molecule has 0 saturated carbocycles. The Morgan fingerprint density at radius 3 is 2.88 bits per heavy atom. The van der Waals surface area contributed by atoms with Gasteiger partial charge in [0.05, 0.1) is 19.5 Å². The van der Waals surface area contributed by atoms with E-state index in [1.807, 2.05) is 0 Å². The number of nitrogens with one attached hydrogen (secondary N) is 1. The van der Waals surface area contributed by atoms with Crippen molar-refractivity contribution in [3.05, 3.63) is 63.3 Å². The van der Waals surface area contributed by atoms with Crippen LogP contribution in [0.5, 0.6) is 0 Å². The standard InChI is InChI=1S/C19H25N3O2/c1-14-4-3-5-15(2)18(14)11-22-6-7-24-12-16(10-22)8-17-9-19(23)21-13-20-17/h3-5,9,13,16H,6-8,10-12H2,1-2H3,(H,20,21,23)/t16-/m0/s1. The Morgan fingerprint density at radius 1 is 1.33 bits per heavy atom. The summed E-state index contributed by atoms with van der Waals surface area (Å²) >= 11 is 0. The number of H-pyrrole nitrogens is 1. The molecule has 0 amide bonds. The van der Waals surface area contributed by atoms with Crippen molar-refractivity contribution in [2.45, 2.75) is 26.8 Å². The van der Waals surface area contributed by atoms with Crippen LogP contribution in [0.15, 0.2) is 35.4 Å². The van der Waals surface area contributed by atoms with Gasteiger partial charge in [0.15, 0.2) is 0 Å². The molecular formula is C19H25N3O2. The van der Waals surface area contributed by atoms with Crippen molar-refractivity contribution in [1.29, 1.82) is 0 Å². The van der Waals surface area contributed by atoms with Gasteiger partial charge >= 0.3 is 0 Å². The van der Waals surface area contributed by atoms with Crippen molar-refractivity contribution in [1.82, 2.24) is 14.9 Å². The van der Waals surface area contributed by atoms with E-state index in [4.69, 9.17) is 4.74 Å². The lowest BCUT2D eigenvalue weighted by Crippen LogP contribution is -2.31. The molecule has 2 heterocycles. The van der Waals surface area contributed by atoms with Crippen LogP contribution in [0.25, 0.3) is 0 Å². The number of hydrogen-bond donors (Lipinski definition) is 1. The van der Waals surface area contributed by atoms with E-state index in [1.54, 1.807) is 6.07 Å². The van der Waals surface area contributed by atoms with Gasteiger partial charge < -0.3 is 9.72 Å². The molecule has 1 N–H and O–H groups in total. The molecule has 0 bridgehead atoms. The van der Waals surface area contributed by atoms with E-state index < -0.39 is 0 Å². The first kappa shape index (κ1) is 16.9. The number of aryl methyl sites for hydroxylation is 2. The van der Waals surface area contributed by atoms with E-state index in [0.717, 1.165) is 45.0 Å². The van der Waals surface area contributed by atoms with Crippen molar-refractivity contribution in [2.24, 2.45) is 5.92 Å². The van der Waals surface area contributed by atoms with E-state index in [1.165, 1.54) is 23.0 Å². The summed E-state index contributed by atoms with van der Waals surface area (Å²) in [5.74, 6) is 0.353. The van der Waals surface area contributed by atoms with Crippen LogP contribution < -0.4 is 5.56 Å². The Hall–Kier alpha value is -1.98. The summed E-state index contributed by atoms with van der Waals surface area (Å²) in [5.41, 5.74) is 4.83. The monoisotopic (exact) mass is 327 g/mol. The average Bonchev–Trinajstić information content (AvgIpc) is 2.76. The third-order valence-corrected chi connectivity index (χ3v) is 4.68. The summed E-state index contributed by atoms with van der Waals surface area (Å²) in [6.45, 7) is 8.67. The summed E-state index contributed by atoms with van der Waals surface area (Å²) in [6, 6.07) is 8.05. The minimum Gasteiger partial charge on any atom is -0.380 e. The predicted octanol–water partition coefficient (Wildman–Crippen LogP) is 2.08. The van der Waals surface area contributed by atoms with Crippen molar-refractivity contribution < 1.29 is 4.74 Å². The van der Waals surface area contributed by atoms with Gasteiger partial charge in [0.25, 0.3) is 5.56 Å². The first-order chi connectivity index (χ1) is 11.6. The van der Waals surface area contributed by atoms with Crippen LogP contribution in [0, 0.1) is 19.8 Å². The van der Waals surface area contributed by atoms with E-state index in [9.17, 15) is 4.79 Å². The van der Waals surface area contributed by atoms with E-state index in [-0.39, 0.29) is 5.56 Å². The van der Waals surface area contributed by atoms with E-state index in [0.29, 0.717) is 5.92 Å². The molecule has 2 aromatic rings. The molecule has 1 fully saturated rings. The number of nitrogens with zero attached hydrogens (tertiary/aromatic N) is 2. The molecule has 1 aliphatic rings. The Bertz CT molecular complexity index is 721. The van der Waals surface area contributed by atoms with Crippen molar-refractivity contribution in [3.63, 3.8) is 0 Å². The maximum Gasteiger partial charge on any atom is 0.250 e. The summed E-state index contributed by atoms with van der Waals surface area (Å²) < 4.78 is 5.78. The average molecular weight is 327 g/mol. The Kier molecular flexibility index (Phi) is 5.43. The molecule has 5 heteroatoms. The van der Waals surface area contributed by atoms with Gasteiger partial charge in [-0.25, -0.2) is 4.98 Å². The molecule has 5 nitrogen and oxygen atoms in total. The first-order valence-electron chi connectivity index (χ1n) is 8.50. The smallest absolute Gasteiger partial charge is 0.250 e. The third-order valence-electron chi connectivity index (χ3n) is 4.68. The van der Waals surface area contributed by atoms with Gasteiger partial charge in [-0.2, -0.15) is 0 Å². The van der Waals surface area contributed by atoms with Gasteiger partial charge in [-0.05, 0) is 37.0 Å². The molecule has 1 aromatic heterocycles. The molecule has 0 unspecified atom stereocenters. The quantitative estimate of drug-likeness (QED) is 0.934. The number of aromatic nitrogens is 2. The molecule has 1 aliphatic heterocycles.